The van der Waals surface area contributed by atoms with Gasteiger partial charge in [-0.2, -0.15) is 13.2 Å². The van der Waals surface area contributed by atoms with E-state index in [1.807, 2.05) is 13.0 Å². The third-order valence-electron chi connectivity index (χ3n) is 5.71. The zero-order valence-electron chi connectivity index (χ0n) is 16.7. The predicted molar refractivity (Wildman–Crippen MR) is 106 cm³/mol. The molecule has 1 fully saturated rings. The Labute approximate surface area is 173 Å². The molecule has 0 aliphatic carbocycles. The average Bonchev–Trinajstić information content (AvgIpc) is 2.73. The molecule has 1 amide bonds. The van der Waals surface area contributed by atoms with E-state index in [0.717, 1.165) is 11.6 Å². The molecule has 4 nitrogen and oxygen atoms in total. The standard InChI is InChI=1S/C23H24F3NO3/c1-2-15-7-8-17(19(13-15)22(29)30)14-21(28)27-11-9-16(10-12-27)18-5-3-4-6-20(18)23(24,25)26/h3-8,13,16H,2,9-12,14H2,1H3,(H,29,30). The van der Waals surface area contributed by atoms with Gasteiger partial charge < -0.3 is 10.0 Å². The highest BCUT2D eigenvalue weighted by molar-refractivity contribution is 5.92. The maximum Gasteiger partial charge on any atom is 0.416 e. The number of piperidine rings is 1. The number of alkyl halides is 3. The van der Waals surface area contributed by atoms with Gasteiger partial charge in [0.05, 0.1) is 17.5 Å². The Morgan fingerprint density at radius 2 is 1.77 bits per heavy atom. The van der Waals surface area contributed by atoms with Gasteiger partial charge in [-0.1, -0.05) is 37.3 Å². The van der Waals surface area contributed by atoms with Gasteiger partial charge in [0.15, 0.2) is 0 Å². The second-order valence-electron chi connectivity index (χ2n) is 7.57. The molecule has 0 unspecified atom stereocenters. The van der Waals surface area contributed by atoms with Gasteiger partial charge in [-0.25, -0.2) is 4.79 Å². The first-order valence-electron chi connectivity index (χ1n) is 9.99. The zero-order valence-corrected chi connectivity index (χ0v) is 16.7. The molecular formula is C23H24F3NO3. The smallest absolute Gasteiger partial charge is 0.416 e. The first-order valence-corrected chi connectivity index (χ1v) is 9.99. The van der Waals surface area contributed by atoms with E-state index in [9.17, 15) is 27.9 Å². The lowest BCUT2D eigenvalue weighted by molar-refractivity contribution is -0.139. The van der Waals surface area contributed by atoms with E-state index in [0.29, 0.717) is 37.9 Å². The van der Waals surface area contributed by atoms with Crippen LogP contribution in [0.25, 0.3) is 0 Å². The molecule has 1 heterocycles. The molecule has 7 heteroatoms. The van der Waals surface area contributed by atoms with Crippen LogP contribution in [0.2, 0.25) is 0 Å². The number of halogens is 3. The lowest BCUT2D eigenvalue weighted by Gasteiger charge is -2.33. The van der Waals surface area contributed by atoms with Crippen LogP contribution in [-0.2, 0) is 23.8 Å². The van der Waals surface area contributed by atoms with E-state index in [1.165, 1.54) is 12.1 Å². The minimum atomic E-state index is -4.40. The van der Waals surface area contributed by atoms with Crippen molar-refractivity contribution in [3.63, 3.8) is 0 Å². The van der Waals surface area contributed by atoms with Crippen LogP contribution in [0.5, 0.6) is 0 Å². The molecule has 0 saturated carbocycles. The maximum atomic E-state index is 13.3. The summed E-state index contributed by atoms with van der Waals surface area (Å²) in [6.07, 6.45) is -2.85. The number of aryl methyl sites for hydroxylation is 1. The third-order valence-corrected chi connectivity index (χ3v) is 5.71. The van der Waals surface area contributed by atoms with Gasteiger partial charge in [0.2, 0.25) is 5.91 Å². The van der Waals surface area contributed by atoms with Gasteiger partial charge in [0.25, 0.3) is 0 Å². The molecule has 0 spiro atoms. The largest absolute Gasteiger partial charge is 0.478 e. The van der Waals surface area contributed by atoms with E-state index < -0.39 is 17.7 Å². The molecule has 1 aliphatic heterocycles. The Morgan fingerprint density at radius 3 is 2.37 bits per heavy atom. The highest BCUT2D eigenvalue weighted by atomic mass is 19.4. The van der Waals surface area contributed by atoms with Crippen molar-refractivity contribution in [2.24, 2.45) is 0 Å². The molecule has 1 N–H and O–H groups in total. The lowest BCUT2D eigenvalue weighted by Crippen LogP contribution is -2.39. The van der Waals surface area contributed by atoms with Crippen molar-refractivity contribution in [3.8, 4) is 0 Å². The minimum Gasteiger partial charge on any atom is -0.478 e. The first kappa shape index (κ1) is 21.9. The number of hydrogen-bond acceptors (Lipinski definition) is 2. The Balaban J connectivity index is 1.68. The number of hydrogen-bond donors (Lipinski definition) is 1. The van der Waals surface area contributed by atoms with Crippen LogP contribution in [0.4, 0.5) is 13.2 Å². The van der Waals surface area contributed by atoms with Crippen LogP contribution < -0.4 is 0 Å². The van der Waals surface area contributed by atoms with Crippen LogP contribution in [0.15, 0.2) is 42.5 Å². The van der Waals surface area contributed by atoms with Gasteiger partial charge in [-0.05, 0) is 54.0 Å². The lowest BCUT2D eigenvalue weighted by atomic mass is 9.86. The highest BCUT2D eigenvalue weighted by Gasteiger charge is 2.36. The highest BCUT2D eigenvalue weighted by Crippen LogP contribution is 2.38. The van der Waals surface area contributed by atoms with Gasteiger partial charge in [0.1, 0.15) is 0 Å². The van der Waals surface area contributed by atoms with Crippen LogP contribution in [0.1, 0.15) is 58.3 Å². The van der Waals surface area contributed by atoms with Gasteiger partial charge >= 0.3 is 12.1 Å². The molecule has 1 aliphatic rings. The van der Waals surface area contributed by atoms with E-state index in [-0.39, 0.29) is 29.4 Å². The molecule has 160 valence electrons. The van der Waals surface area contributed by atoms with Crippen molar-refractivity contribution in [2.75, 3.05) is 13.1 Å². The molecular weight excluding hydrogens is 395 g/mol. The molecule has 2 aromatic rings. The van der Waals surface area contributed by atoms with Crippen molar-refractivity contribution in [1.82, 2.24) is 4.90 Å². The van der Waals surface area contributed by atoms with E-state index in [4.69, 9.17) is 0 Å². The Kier molecular flexibility index (Phi) is 6.48. The summed E-state index contributed by atoms with van der Waals surface area (Å²) in [5.41, 5.74) is 1.12. The average molecular weight is 419 g/mol. The Bertz CT molecular complexity index is 932. The number of carboxylic acid groups (broad SMARTS) is 1. The number of benzene rings is 2. The number of aromatic carboxylic acids is 1. The van der Waals surface area contributed by atoms with Crippen molar-refractivity contribution in [2.45, 2.75) is 44.7 Å². The molecule has 0 bridgehead atoms. The van der Waals surface area contributed by atoms with Crippen LogP contribution in [0, 0.1) is 0 Å². The molecule has 3 rings (SSSR count). The number of carboxylic acids is 1. The minimum absolute atomic E-state index is 0.0323. The van der Waals surface area contributed by atoms with E-state index in [2.05, 4.69) is 0 Å². The molecule has 2 aromatic carbocycles. The number of nitrogens with zero attached hydrogens (tertiary/aromatic N) is 1. The van der Waals surface area contributed by atoms with Gasteiger partial charge in [-0.3, -0.25) is 4.79 Å². The fourth-order valence-corrected chi connectivity index (χ4v) is 4.02. The summed E-state index contributed by atoms with van der Waals surface area (Å²) in [4.78, 5) is 25.9. The predicted octanol–water partition coefficient (Wildman–Crippen LogP) is 4.91. The van der Waals surface area contributed by atoms with E-state index >= 15 is 0 Å². The Hall–Kier alpha value is -2.83. The fourth-order valence-electron chi connectivity index (χ4n) is 4.02. The number of rotatable bonds is 5. The topological polar surface area (TPSA) is 57.6 Å². The molecule has 0 radical (unpaired) electrons. The normalized spacial score (nSPS) is 15.3. The van der Waals surface area contributed by atoms with Gasteiger partial charge in [-0.15, -0.1) is 0 Å². The number of carbonyl (C=O) groups is 2. The molecule has 0 aromatic heterocycles. The summed E-state index contributed by atoms with van der Waals surface area (Å²) in [6.45, 7) is 2.63. The van der Waals surface area contributed by atoms with Crippen LogP contribution in [-0.4, -0.2) is 35.0 Å². The molecule has 30 heavy (non-hydrogen) atoms. The molecule has 1 saturated heterocycles. The summed E-state index contributed by atoms with van der Waals surface area (Å²) in [6, 6.07) is 10.7. The Morgan fingerprint density at radius 1 is 1.10 bits per heavy atom. The molecule has 0 atom stereocenters. The third kappa shape index (κ3) is 4.83. The fraction of sp³-hybridized carbons (Fsp3) is 0.391. The van der Waals surface area contributed by atoms with Crippen molar-refractivity contribution in [1.29, 1.82) is 0 Å². The second kappa shape index (κ2) is 8.90. The maximum absolute atomic E-state index is 13.3. The quantitative estimate of drug-likeness (QED) is 0.749. The summed E-state index contributed by atoms with van der Waals surface area (Å²) in [5, 5.41) is 9.44. The second-order valence-corrected chi connectivity index (χ2v) is 7.57. The first-order chi connectivity index (χ1) is 14.2. The number of likely N-dealkylation sites (tertiary alicyclic amines) is 1. The van der Waals surface area contributed by atoms with Crippen molar-refractivity contribution >= 4 is 11.9 Å². The van der Waals surface area contributed by atoms with Crippen molar-refractivity contribution < 1.29 is 27.9 Å². The summed E-state index contributed by atoms with van der Waals surface area (Å²) < 4.78 is 39.9. The van der Waals surface area contributed by atoms with Crippen molar-refractivity contribution in [3.05, 3.63) is 70.3 Å². The van der Waals surface area contributed by atoms with E-state index in [1.54, 1.807) is 23.1 Å². The number of amides is 1. The summed E-state index contributed by atoms with van der Waals surface area (Å²) in [5.74, 6) is -1.54. The van der Waals surface area contributed by atoms with Gasteiger partial charge in [0, 0.05) is 13.1 Å². The SMILES string of the molecule is CCc1ccc(CC(=O)N2CCC(c3ccccc3C(F)(F)F)CC2)c(C(=O)O)c1. The monoisotopic (exact) mass is 419 g/mol. The number of carbonyl (C=O) groups excluding carboxylic acids is 1. The van der Waals surface area contributed by atoms with Crippen LogP contribution >= 0.6 is 0 Å². The summed E-state index contributed by atoms with van der Waals surface area (Å²) >= 11 is 0. The summed E-state index contributed by atoms with van der Waals surface area (Å²) in [7, 11) is 0. The van der Waals surface area contributed by atoms with Crippen LogP contribution in [0.3, 0.4) is 0 Å². The zero-order chi connectivity index (χ0) is 21.9.